The van der Waals surface area contributed by atoms with Gasteiger partial charge in [0.25, 0.3) is 0 Å². The number of halogens is 2. The van der Waals surface area contributed by atoms with E-state index in [2.05, 4.69) is 11.0 Å². The Morgan fingerprint density at radius 1 is 0.969 bits per heavy atom. The molecule has 1 aliphatic heterocycles. The van der Waals surface area contributed by atoms with Crippen LogP contribution < -0.4 is 15.3 Å². The molecule has 162 valence electrons. The molecule has 5 rings (SSSR count). The van der Waals surface area contributed by atoms with Crippen LogP contribution in [-0.4, -0.2) is 6.73 Å². The number of benzene rings is 3. The van der Waals surface area contributed by atoms with Crippen LogP contribution in [0, 0.1) is 13.8 Å². The SMILES string of the molecule is Cc1c(Cc2ccccc2)c(=O)oc2c(C)c3c(cc12)CN(c1ccc(Cl)c(Cl)c1)CO3. The molecule has 1 aromatic heterocycles. The summed E-state index contributed by atoms with van der Waals surface area (Å²) in [7, 11) is 0. The number of hydrogen-bond donors (Lipinski definition) is 0. The second kappa shape index (κ2) is 8.19. The number of ether oxygens (including phenoxy) is 1. The predicted octanol–water partition coefficient (Wildman–Crippen LogP) is 6.66. The van der Waals surface area contributed by atoms with Crippen LogP contribution in [0.2, 0.25) is 10.0 Å². The second-order valence-electron chi connectivity index (χ2n) is 8.09. The van der Waals surface area contributed by atoms with Crippen molar-refractivity contribution in [1.29, 1.82) is 0 Å². The molecule has 32 heavy (non-hydrogen) atoms. The first-order valence-corrected chi connectivity index (χ1v) is 11.1. The predicted molar refractivity (Wildman–Crippen MR) is 129 cm³/mol. The maximum absolute atomic E-state index is 12.8. The molecule has 0 fully saturated rings. The van der Waals surface area contributed by atoms with Crippen LogP contribution >= 0.6 is 23.2 Å². The van der Waals surface area contributed by atoms with Crippen molar-refractivity contribution >= 4 is 39.9 Å². The van der Waals surface area contributed by atoms with Gasteiger partial charge in [0.2, 0.25) is 0 Å². The summed E-state index contributed by atoms with van der Waals surface area (Å²) < 4.78 is 11.9. The number of nitrogens with zero attached hydrogens (tertiary/aromatic N) is 1. The van der Waals surface area contributed by atoms with Crippen LogP contribution in [0.15, 0.2) is 63.8 Å². The minimum atomic E-state index is -0.296. The molecule has 0 atom stereocenters. The Balaban J connectivity index is 1.58. The normalized spacial score (nSPS) is 13.2. The zero-order valence-corrected chi connectivity index (χ0v) is 19.3. The largest absolute Gasteiger partial charge is 0.472 e. The second-order valence-corrected chi connectivity index (χ2v) is 8.91. The molecule has 0 bridgehead atoms. The van der Waals surface area contributed by atoms with Crippen molar-refractivity contribution in [2.45, 2.75) is 26.8 Å². The first-order chi connectivity index (χ1) is 15.4. The molecule has 2 heterocycles. The lowest BCUT2D eigenvalue weighted by molar-refractivity contribution is 0.287. The highest BCUT2D eigenvalue weighted by Gasteiger charge is 2.24. The van der Waals surface area contributed by atoms with Gasteiger partial charge in [0.15, 0.2) is 6.73 Å². The fourth-order valence-electron chi connectivity index (χ4n) is 4.30. The lowest BCUT2D eigenvalue weighted by Gasteiger charge is -2.32. The van der Waals surface area contributed by atoms with Gasteiger partial charge in [-0.05, 0) is 49.2 Å². The summed E-state index contributed by atoms with van der Waals surface area (Å²) in [6.07, 6.45) is 0.535. The number of rotatable bonds is 3. The van der Waals surface area contributed by atoms with Gasteiger partial charge in [-0.15, -0.1) is 0 Å². The Hall–Kier alpha value is -2.95. The van der Waals surface area contributed by atoms with Crippen molar-refractivity contribution in [1.82, 2.24) is 0 Å². The first-order valence-electron chi connectivity index (χ1n) is 10.4. The van der Waals surface area contributed by atoms with Crippen molar-refractivity contribution in [2.75, 3.05) is 11.6 Å². The van der Waals surface area contributed by atoms with E-state index in [0.29, 0.717) is 40.9 Å². The van der Waals surface area contributed by atoms with Crippen LogP contribution in [0.5, 0.6) is 5.75 Å². The smallest absolute Gasteiger partial charge is 0.340 e. The monoisotopic (exact) mass is 465 g/mol. The fraction of sp³-hybridized carbons (Fsp3) is 0.192. The Kier molecular flexibility index (Phi) is 5.36. The van der Waals surface area contributed by atoms with Gasteiger partial charge in [-0.2, -0.15) is 0 Å². The number of hydrogen-bond acceptors (Lipinski definition) is 4. The van der Waals surface area contributed by atoms with Crippen LogP contribution in [0.3, 0.4) is 0 Å². The summed E-state index contributed by atoms with van der Waals surface area (Å²) in [6, 6.07) is 17.6. The molecule has 0 saturated heterocycles. The molecule has 0 radical (unpaired) electrons. The van der Waals surface area contributed by atoms with E-state index in [1.165, 1.54) is 0 Å². The molecule has 4 aromatic rings. The minimum absolute atomic E-state index is 0.296. The van der Waals surface area contributed by atoms with E-state index in [4.69, 9.17) is 32.4 Å². The van der Waals surface area contributed by atoms with Crippen LogP contribution in [0.1, 0.15) is 27.8 Å². The highest BCUT2D eigenvalue weighted by atomic mass is 35.5. The quantitative estimate of drug-likeness (QED) is 0.317. The molecule has 0 N–H and O–H groups in total. The molecule has 4 nitrogen and oxygen atoms in total. The van der Waals surface area contributed by atoms with E-state index in [1.807, 2.05) is 56.3 Å². The topological polar surface area (TPSA) is 42.7 Å². The first kappa shape index (κ1) is 20.9. The molecule has 0 unspecified atom stereocenters. The van der Waals surface area contributed by atoms with E-state index < -0.39 is 0 Å². The maximum Gasteiger partial charge on any atom is 0.340 e. The van der Waals surface area contributed by atoms with Crippen molar-refractivity contribution in [3.63, 3.8) is 0 Å². The molecule has 3 aromatic carbocycles. The van der Waals surface area contributed by atoms with Gasteiger partial charge in [-0.25, -0.2) is 4.79 Å². The summed E-state index contributed by atoms with van der Waals surface area (Å²) in [5.74, 6) is 0.771. The van der Waals surface area contributed by atoms with Gasteiger partial charge < -0.3 is 14.1 Å². The molecule has 0 aliphatic carbocycles. The average molecular weight is 466 g/mol. The molecule has 0 amide bonds. The summed E-state index contributed by atoms with van der Waals surface area (Å²) in [5.41, 5.74) is 5.81. The zero-order valence-electron chi connectivity index (χ0n) is 17.7. The minimum Gasteiger partial charge on any atom is -0.472 e. The summed E-state index contributed by atoms with van der Waals surface area (Å²) in [5, 5.41) is 1.96. The van der Waals surface area contributed by atoms with Gasteiger partial charge in [0.1, 0.15) is 11.3 Å². The van der Waals surface area contributed by atoms with E-state index >= 15 is 0 Å². The molecule has 0 spiro atoms. The third kappa shape index (κ3) is 3.64. The van der Waals surface area contributed by atoms with Crippen LogP contribution in [0.25, 0.3) is 11.0 Å². The van der Waals surface area contributed by atoms with Crippen molar-refractivity contribution in [3.8, 4) is 5.75 Å². The Morgan fingerprint density at radius 3 is 2.50 bits per heavy atom. The maximum atomic E-state index is 12.8. The van der Waals surface area contributed by atoms with Crippen molar-refractivity contribution in [2.24, 2.45) is 0 Å². The molecular formula is C26H21Cl2NO3. The van der Waals surface area contributed by atoms with Gasteiger partial charge in [-0.3, -0.25) is 0 Å². The third-order valence-electron chi connectivity index (χ3n) is 6.05. The van der Waals surface area contributed by atoms with E-state index in [9.17, 15) is 4.79 Å². The fourth-order valence-corrected chi connectivity index (χ4v) is 4.59. The van der Waals surface area contributed by atoms with E-state index in [1.54, 1.807) is 6.07 Å². The van der Waals surface area contributed by atoms with Crippen molar-refractivity contribution < 1.29 is 9.15 Å². The Labute approximate surface area is 195 Å². The third-order valence-corrected chi connectivity index (χ3v) is 6.79. The number of anilines is 1. The Bertz CT molecular complexity index is 1400. The molecular weight excluding hydrogens is 445 g/mol. The lowest BCUT2D eigenvalue weighted by Crippen LogP contribution is -2.32. The average Bonchev–Trinajstić information content (AvgIpc) is 2.80. The highest BCUT2D eigenvalue weighted by molar-refractivity contribution is 6.42. The summed E-state index contributed by atoms with van der Waals surface area (Å²) in [4.78, 5) is 14.9. The highest BCUT2D eigenvalue weighted by Crippen LogP contribution is 2.38. The standard InChI is InChI=1S/C26H21Cl2NO3/c1-15-20-11-18-13-29(19-8-9-22(27)23(28)12-19)14-31-24(18)16(2)25(20)32-26(30)21(15)10-17-6-4-3-5-7-17/h3-9,11-12H,10,13-14H2,1-2H3. The van der Waals surface area contributed by atoms with Gasteiger partial charge in [0, 0.05) is 40.7 Å². The molecule has 0 saturated carbocycles. The summed E-state index contributed by atoms with van der Waals surface area (Å²) >= 11 is 12.3. The summed E-state index contributed by atoms with van der Waals surface area (Å²) in [6.45, 7) is 4.95. The number of aryl methyl sites for hydroxylation is 2. The lowest BCUT2D eigenvalue weighted by atomic mass is 9.96. The van der Waals surface area contributed by atoms with Gasteiger partial charge in [0.05, 0.1) is 10.0 Å². The van der Waals surface area contributed by atoms with Crippen LogP contribution in [-0.2, 0) is 13.0 Å². The van der Waals surface area contributed by atoms with Crippen molar-refractivity contribution in [3.05, 3.63) is 103 Å². The number of fused-ring (bicyclic) bond motifs is 2. The van der Waals surface area contributed by atoms with Gasteiger partial charge in [-0.1, -0.05) is 53.5 Å². The molecule has 6 heteroatoms. The van der Waals surface area contributed by atoms with Crippen LogP contribution in [0.4, 0.5) is 5.69 Å². The van der Waals surface area contributed by atoms with E-state index in [-0.39, 0.29) is 5.63 Å². The van der Waals surface area contributed by atoms with E-state index in [0.717, 1.165) is 39.1 Å². The molecule has 1 aliphatic rings. The zero-order chi connectivity index (χ0) is 22.4. The Morgan fingerprint density at radius 2 is 1.75 bits per heavy atom. The van der Waals surface area contributed by atoms with Gasteiger partial charge >= 0.3 is 5.63 Å².